The number of hydrogen-bond donors (Lipinski definition) is 1. The van der Waals surface area contributed by atoms with Crippen LogP contribution in [-0.4, -0.2) is 30.5 Å². The van der Waals surface area contributed by atoms with Crippen LogP contribution in [0.4, 0.5) is 0 Å². The van der Waals surface area contributed by atoms with Gasteiger partial charge in [-0.15, -0.1) is 0 Å². The summed E-state index contributed by atoms with van der Waals surface area (Å²) in [7, 11) is -3.15. The van der Waals surface area contributed by atoms with E-state index in [2.05, 4.69) is 6.92 Å². The number of hydrogen-bond acceptors (Lipinski definition) is 3. The van der Waals surface area contributed by atoms with E-state index in [0.717, 1.165) is 19.3 Å². The quantitative estimate of drug-likeness (QED) is 0.816. The molecule has 0 aliphatic heterocycles. The van der Waals surface area contributed by atoms with E-state index in [4.69, 9.17) is 0 Å². The number of carboxylic acids is 1. The smallest absolute Gasteiger partial charge is 0.309 e. The Labute approximate surface area is 116 Å². The highest BCUT2D eigenvalue weighted by atomic mass is 32.2. The summed E-state index contributed by atoms with van der Waals surface area (Å²) >= 11 is 0. The summed E-state index contributed by atoms with van der Waals surface area (Å²) < 4.78 is 23.7. The highest BCUT2D eigenvalue weighted by Crippen LogP contribution is 2.43. The van der Waals surface area contributed by atoms with E-state index in [9.17, 15) is 18.3 Å². The Morgan fingerprint density at radius 1 is 1.32 bits per heavy atom. The number of carboxylic acid groups (broad SMARTS) is 1. The fourth-order valence-corrected chi connectivity index (χ4v) is 3.93. The zero-order valence-corrected chi connectivity index (χ0v) is 13.0. The van der Waals surface area contributed by atoms with Crippen LogP contribution in [0.3, 0.4) is 0 Å². The number of aliphatic carboxylic acids is 1. The lowest BCUT2D eigenvalue weighted by Crippen LogP contribution is -2.37. The molecule has 19 heavy (non-hydrogen) atoms. The summed E-state index contributed by atoms with van der Waals surface area (Å²) in [4.78, 5) is 11.6. The normalized spacial score (nSPS) is 28.5. The molecule has 0 amide bonds. The molecule has 0 unspecified atom stereocenters. The first kappa shape index (κ1) is 16.5. The van der Waals surface area contributed by atoms with Gasteiger partial charge in [0.1, 0.15) is 0 Å². The van der Waals surface area contributed by atoms with Crippen LogP contribution in [0, 0.1) is 11.3 Å². The Bertz CT molecular complexity index is 403. The maximum Gasteiger partial charge on any atom is 0.309 e. The van der Waals surface area contributed by atoms with E-state index in [0.29, 0.717) is 18.8 Å². The van der Waals surface area contributed by atoms with Crippen LogP contribution >= 0.6 is 0 Å². The summed E-state index contributed by atoms with van der Waals surface area (Å²) in [6.45, 7) is 5.43. The average molecular weight is 290 g/mol. The number of rotatable bonds is 6. The molecule has 5 heteroatoms. The van der Waals surface area contributed by atoms with Crippen molar-refractivity contribution in [2.75, 3.05) is 5.75 Å². The third-order valence-corrected chi connectivity index (χ3v) is 6.89. The lowest BCUT2D eigenvalue weighted by Gasteiger charge is -2.36. The van der Waals surface area contributed by atoms with Gasteiger partial charge in [-0.1, -0.05) is 13.3 Å². The first-order valence-corrected chi connectivity index (χ1v) is 8.90. The number of sulfone groups is 1. The highest BCUT2D eigenvalue weighted by Gasteiger charge is 2.42. The van der Waals surface area contributed by atoms with Gasteiger partial charge in [0.2, 0.25) is 0 Å². The van der Waals surface area contributed by atoms with Crippen molar-refractivity contribution in [1.29, 1.82) is 0 Å². The van der Waals surface area contributed by atoms with Gasteiger partial charge in [0.15, 0.2) is 9.84 Å². The van der Waals surface area contributed by atoms with E-state index in [-0.39, 0.29) is 12.2 Å². The van der Waals surface area contributed by atoms with Crippen molar-refractivity contribution in [1.82, 2.24) is 0 Å². The van der Waals surface area contributed by atoms with Crippen LogP contribution in [-0.2, 0) is 14.6 Å². The van der Waals surface area contributed by atoms with E-state index in [1.807, 2.05) is 0 Å². The van der Waals surface area contributed by atoms with Crippen LogP contribution in [0.25, 0.3) is 0 Å². The van der Waals surface area contributed by atoms with Crippen LogP contribution in [0.1, 0.15) is 59.3 Å². The maximum atomic E-state index is 11.9. The van der Waals surface area contributed by atoms with Gasteiger partial charge in [-0.05, 0) is 51.9 Å². The largest absolute Gasteiger partial charge is 0.481 e. The summed E-state index contributed by atoms with van der Waals surface area (Å²) in [5.74, 6) is -0.219. The highest BCUT2D eigenvalue weighted by molar-refractivity contribution is 7.91. The van der Waals surface area contributed by atoms with Crippen LogP contribution in [0.15, 0.2) is 0 Å². The first-order chi connectivity index (χ1) is 8.73. The molecule has 1 N–H and O–H groups in total. The summed E-state index contributed by atoms with van der Waals surface area (Å²) in [5, 5.41) is 9.06. The van der Waals surface area contributed by atoms with Crippen molar-refractivity contribution in [3.63, 3.8) is 0 Å². The van der Waals surface area contributed by atoms with Gasteiger partial charge in [-0.25, -0.2) is 8.42 Å². The molecule has 0 radical (unpaired) electrons. The minimum absolute atomic E-state index is 0.00619. The lowest BCUT2D eigenvalue weighted by molar-refractivity contribution is -0.151. The Morgan fingerprint density at radius 2 is 1.84 bits per heavy atom. The van der Waals surface area contributed by atoms with Gasteiger partial charge < -0.3 is 5.11 Å². The molecule has 1 aliphatic rings. The zero-order chi connectivity index (χ0) is 14.7. The second kappa shape index (κ2) is 6.25. The Morgan fingerprint density at radius 3 is 2.21 bits per heavy atom. The molecule has 0 saturated heterocycles. The van der Waals surface area contributed by atoms with Crippen molar-refractivity contribution in [3.8, 4) is 0 Å². The molecule has 0 aromatic heterocycles. The molecule has 1 saturated carbocycles. The van der Waals surface area contributed by atoms with Crippen molar-refractivity contribution in [2.24, 2.45) is 11.3 Å². The van der Waals surface area contributed by atoms with Crippen molar-refractivity contribution >= 4 is 15.8 Å². The zero-order valence-electron chi connectivity index (χ0n) is 12.2. The first-order valence-electron chi connectivity index (χ1n) is 7.18. The van der Waals surface area contributed by atoms with Gasteiger partial charge in [0, 0.05) is 0 Å². The molecule has 1 aliphatic carbocycles. The molecular weight excluding hydrogens is 264 g/mol. The van der Waals surface area contributed by atoms with E-state index in [1.165, 1.54) is 0 Å². The van der Waals surface area contributed by atoms with Crippen molar-refractivity contribution in [2.45, 2.75) is 64.5 Å². The maximum absolute atomic E-state index is 11.9. The molecular formula is C14H26O4S. The van der Waals surface area contributed by atoms with E-state index in [1.54, 1.807) is 13.8 Å². The molecule has 0 aromatic rings. The molecule has 1 rings (SSSR count). The average Bonchev–Trinajstić information content (AvgIpc) is 2.36. The third kappa shape index (κ3) is 3.94. The van der Waals surface area contributed by atoms with E-state index >= 15 is 0 Å². The summed E-state index contributed by atoms with van der Waals surface area (Å²) in [5.41, 5.74) is -0.812. The molecule has 0 aromatic carbocycles. The van der Waals surface area contributed by atoms with Crippen molar-refractivity contribution < 1.29 is 18.3 Å². The molecule has 0 spiro atoms. The molecule has 1 fully saturated rings. The minimum atomic E-state index is -3.15. The van der Waals surface area contributed by atoms with Gasteiger partial charge in [-0.3, -0.25) is 4.79 Å². The van der Waals surface area contributed by atoms with Gasteiger partial charge in [-0.2, -0.15) is 0 Å². The molecule has 4 nitrogen and oxygen atoms in total. The van der Waals surface area contributed by atoms with Crippen molar-refractivity contribution in [3.05, 3.63) is 0 Å². The van der Waals surface area contributed by atoms with Crippen LogP contribution in [0.2, 0.25) is 0 Å². The molecule has 112 valence electrons. The molecule has 0 atom stereocenters. The second-order valence-corrected chi connectivity index (χ2v) is 8.78. The number of carbonyl (C=O) groups is 1. The second-order valence-electron chi connectivity index (χ2n) is 6.10. The fraction of sp³-hybridized carbons (Fsp3) is 0.929. The predicted octanol–water partition coefficient (Wildman–Crippen LogP) is 2.87. The SMILES string of the molecule is CCC1CCC(CCS(=O)(=O)C(C)C)(C(=O)O)CC1. The van der Waals surface area contributed by atoms with Gasteiger partial charge >= 0.3 is 5.97 Å². The Hall–Kier alpha value is -0.580. The van der Waals surface area contributed by atoms with Crippen LogP contribution < -0.4 is 0 Å². The third-order valence-electron chi connectivity index (χ3n) is 4.68. The predicted molar refractivity (Wildman–Crippen MR) is 75.9 cm³/mol. The van der Waals surface area contributed by atoms with E-state index < -0.39 is 26.5 Å². The molecule has 0 bridgehead atoms. The summed E-state index contributed by atoms with van der Waals surface area (Å²) in [6.07, 6.45) is 4.40. The van der Waals surface area contributed by atoms with Gasteiger partial charge in [0.05, 0.1) is 16.4 Å². The Balaban J connectivity index is 2.73. The standard InChI is InChI=1S/C14H26O4S/c1-4-12-5-7-14(8-6-12,13(15)16)9-10-19(17,18)11(2)3/h11-12H,4-10H2,1-3H3,(H,15,16). The monoisotopic (exact) mass is 290 g/mol. The van der Waals surface area contributed by atoms with Gasteiger partial charge in [0.25, 0.3) is 0 Å². The molecule has 0 heterocycles. The summed E-state index contributed by atoms with van der Waals surface area (Å²) in [6, 6.07) is 0. The fourth-order valence-electron chi connectivity index (χ4n) is 2.78. The Kier molecular flexibility index (Phi) is 5.42. The lowest BCUT2D eigenvalue weighted by atomic mass is 9.68. The minimum Gasteiger partial charge on any atom is -0.481 e. The van der Waals surface area contributed by atoms with Crippen LogP contribution in [0.5, 0.6) is 0 Å². The topological polar surface area (TPSA) is 71.4 Å².